The number of rotatable bonds is 4. The Morgan fingerprint density at radius 1 is 1.35 bits per heavy atom. The van der Waals surface area contributed by atoms with E-state index in [9.17, 15) is 4.79 Å². The molecule has 17 heavy (non-hydrogen) atoms. The Balaban J connectivity index is 1.89. The van der Waals surface area contributed by atoms with Crippen molar-refractivity contribution in [3.8, 4) is 0 Å². The summed E-state index contributed by atoms with van der Waals surface area (Å²) < 4.78 is 5.37. The third-order valence-electron chi connectivity index (χ3n) is 3.91. The van der Waals surface area contributed by atoms with E-state index in [1.807, 2.05) is 0 Å². The van der Waals surface area contributed by atoms with Gasteiger partial charge in [0.2, 0.25) is 5.91 Å². The van der Waals surface area contributed by atoms with Gasteiger partial charge >= 0.3 is 0 Å². The molecule has 4 nitrogen and oxygen atoms in total. The minimum Gasteiger partial charge on any atom is -0.381 e. The summed E-state index contributed by atoms with van der Waals surface area (Å²) in [6.45, 7) is 5.09. The Labute approximate surface area is 104 Å². The lowest BCUT2D eigenvalue weighted by atomic mass is 10.2. The van der Waals surface area contributed by atoms with Crippen LogP contribution in [-0.2, 0) is 9.53 Å². The first-order valence-electron chi connectivity index (χ1n) is 6.71. The van der Waals surface area contributed by atoms with Crippen LogP contribution in [0.25, 0.3) is 0 Å². The van der Waals surface area contributed by atoms with Crippen LogP contribution in [0.2, 0.25) is 0 Å². The smallest absolute Gasteiger partial charge is 0.240 e. The highest BCUT2D eigenvalue weighted by atomic mass is 16.5. The molecule has 0 aromatic heterocycles. The monoisotopic (exact) mass is 240 g/mol. The summed E-state index contributed by atoms with van der Waals surface area (Å²) in [7, 11) is 1.77. The topological polar surface area (TPSA) is 41.6 Å². The second-order valence-electron chi connectivity index (χ2n) is 5.52. The molecule has 1 aliphatic heterocycles. The average Bonchev–Trinajstić information content (AvgIpc) is 2.86. The van der Waals surface area contributed by atoms with Crippen molar-refractivity contribution in [2.75, 3.05) is 13.7 Å². The van der Waals surface area contributed by atoms with Gasteiger partial charge in [0.25, 0.3) is 0 Å². The van der Waals surface area contributed by atoms with Gasteiger partial charge in [-0.05, 0) is 25.7 Å². The van der Waals surface area contributed by atoms with Crippen molar-refractivity contribution in [2.45, 2.75) is 63.8 Å². The molecule has 0 aromatic rings. The molecule has 0 aromatic carbocycles. The van der Waals surface area contributed by atoms with E-state index in [-0.39, 0.29) is 6.04 Å². The Morgan fingerprint density at radius 2 is 2.12 bits per heavy atom. The molecule has 2 aliphatic rings. The Bertz CT molecular complexity index is 281. The fraction of sp³-hybridized carbons (Fsp3) is 0.923. The minimum atomic E-state index is 0.0385. The molecule has 4 heteroatoms. The van der Waals surface area contributed by atoms with Crippen LogP contribution >= 0.6 is 0 Å². The molecule has 1 amide bonds. The summed E-state index contributed by atoms with van der Waals surface area (Å²) in [4.78, 5) is 14.3. The minimum absolute atomic E-state index is 0.0385. The summed E-state index contributed by atoms with van der Waals surface area (Å²) in [5.41, 5.74) is 0. The van der Waals surface area contributed by atoms with Crippen molar-refractivity contribution < 1.29 is 9.53 Å². The van der Waals surface area contributed by atoms with E-state index >= 15 is 0 Å². The van der Waals surface area contributed by atoms with E-state index in [1.54, 1.807) is 7.11 Å². The predicted molar refractivity (Wildman–Crippen MR) is 66.8 cm³/mol. The lowest BCUT2D eigenvalue weighted by Gasteiger charge is -2.25. The first-order chi connectivity index (χ1) is 8.11. The molecule has 1 saturated heterocycles. The summed E-state index contributed by atoms with van der Waals surface area (Å²) in [6.07, 6.45) is 4.50. The maximum Gasteiger partial charge on any atom is 0.240 e. The molecule has 0 bridgehead atoms. The number of likely N-dealkylation sites (tertiary alicyclic amines) is 1. The third kappa shape index (κ3) is 2.80. The molecule has 3 atom stereocenters. The van der Waals surface area contributed by atoms with Crippen molar-refractivity contribution in [2.24, 2.45) is 0 Å². The van der Waals surface area contributed by atoms with Gasteiger partial charge in [-0.3, -0.25) is 4.79 Å². The molecule has 1 aliphatic carbocycles. The van der Waals surface area contributed by atoms with Gasteiger partial charge in [-0.15, -0.1) is 0 Å². The van der Waals surface area contributed by atoms with Crippen molar-refractivity contribution in [1.29, 1.82) is 0 Å². The van der Waals surface area contributed by atoms with Crippen LogP contribution in [0.1, 0.15) is 39.5 Å². The number of carbonyl (C=O) groups excluding carboxylic acids is 1. The summed E-state index contributed by atoms with van der Waals surface area (Å²) in [5.74, 6) is 0.292. The van der Waals surface area contributed by atoms with Crippen LogP contribution in [0.3, 0.4) is 0 Å². The molecule has 1 heterocycles. The number of ether oxygens (including phenoxy) is 1. The highest BCUT2D eigenvalue weighted by Gasteiger charge is 2.39. The highest BCUT2D eigenvalue weighted by molar-refractivity contribution is 5.84. The van der Waals surface area contributed by atoms with Gasteiger partial charge in [-0.2, -0.15) is 0 Å². The number of amides is 1. The fourth-order valence-electron chi connectivity index (χ4n) is 3.04. The van der Waals surface area contributed by atoms with Crippen LogP contribution in [0.5, 0.6) is 0 Å². The number of carbonyl (C=O) groups is 1. The lowest BCUT2D eigenvalue weighted by Crippen LogP contribution is -2.44. The zero-order valence-electron chi connectivity index (χ0n) is 11.1. The lowest BCUT2D eigenvalue weighted by molar-refractivity contribution is -0.131. The van der Waals surface area contributed by atoms with E-state index in [0.29, 0.717) is 24.1 Å². The molecule has 1 N–H and O–H groups in total. The number of nitrogens with one attached hydrogen (secondary N) is 1. The Morgan fingerprint density at radius 3 is 2.71 bits per heavy atom. The van der Waals surface area contributed by atoms with Gasteiger partial charge < -0.3 is 15.0 Å². The summed E-state index contributed by atoms with van der Waals surface area (Å²) >= 11 is 0. The quantitative estimate of drug-likeness (QED) is 0.801. The van der Waals surface area contributed by atoms with Gasteiger partial charge in [-0.1, -0.05) is 13.8 Å². The van der Waals surface area contributed by atoms with E-state index in [2.05, 4.69) is 24.1 Å². The van der Waals surface area contributed by atoms with Crippen LogP contribution in [0, 0.1) is 0 Å². The van der Waals surface area contributed by atoms with Gasteiger partial charge in [0.15, 0.2) is 0 Å². The van der Waals surface area contributed by atoms with Gasteiger partial charge in [0.1, 0.15) is 0 Å². The molecule has 0 radical (unpaired) electrons. The van der Waals surface area contributed by atoms with Gasteiger partial charge in [0, 0.05) is 25.7 Å². The van der Waals surface area contributed by atoms with Crippen molar-refractivity contribution in [1.82, 2.24) is 10.2 Å². The van der Waals surface area contributed by atoms with Gasteiger partial charge in [-0.25, -0.2) is 0 Å². The largest absolute Gasteiger partial charge is 0.381 e. The summed E-state index contributed by atoms with van der Waals surface area (Å²) in [6, 6.07) is 0.821. The SMILES string of the molecule is COC1CCC(N2CCC(NC(C)C)C2=O)C1. The Kier molecular flexibility index (Phi) is 4.05. The Hall–Kier alpha value is -0.610. The normalized spacial score (nSPS) is 34.0. The first kappa shape index (κ1) is 12.8. The molecule has 0 spiro atoms. The molecular formula is C13H24N2O2. The maximum absolute atomic E-state index is 12.2. The van der Waals surface area contributed by atoms with E-state index in [4.69, 9.17) is 4.74 Å². The number of hydrogen-bond donors (Lipinski definition) is 1. The molecule has 2 fully saturated rings. The second-order valence-corrected chi connectivity index (χ2v) is 5.52. The fourth-order valence-corrected chi connectivity index (χ4v) is 3.04. The number of methoxy groups -OCH3 is 1. The maximum atomic E-state index is 12.2. The van der Waals surface area contributed by atoms with E-state index in [1.165, 1.54) is 0 Å². The standard InChI is InChI=1S/C13H24N2O2/c1-9(2)14-12-6-7-15(13(12)16)10-4-5-11(8-10)17-3/h9-12,14H,4-8H2,1-3H3. The number of hydrogen-bond acceptors (Lipinski definition) is 3. The van der Waals surface area contributed by atoms with Crippen LogP contribution in [0.15, 0.2) is 0 Å². The zero-order chi connectivity index (χ0) is 12.4. The molecule has 98 valence electrons. The van der Waals surface area contributed by atoms with Gasteiger partial charge in [0.05, 0.1) is 12.1 Å². The zero-order valence-corrected chi connectivity index (χ0v) is 11.1. The highest BCUT2D eigenvalue weighted by Crippen LogP contribution is 2.29. The number of nitrogens with zero attached hydrogens (tertiary/aromatic N) is 1. The molecule has 1 saturated carbocycles. The van der Waals surface area contributed by atoms with Crippen LogP contribution < -0.4 is 5.32 Å². The molecule has 2 rings (SSSR count). The van der Waals surface area contributed by atoms with Crippen LogP contribution in [0.4, 0.5) is 0 Å². The third-order valence-corrected chi connectivity index (χ3v) is 3.91. The van der Waals surface area contributed by atoms with Crippen molar-refractivity contribution >= 4 is 5.91 Å². The van der Waals surface area contributed by atoms with Crippen molar-refractivity contribution in [3.63, 3.8) is 0 Å². The van der Waals surface area contributed by atoms with Crippen LogP contribution in [-0.4, -0.2) is 48.7 Å². The summed E-state index contributed by atoms with van der Waals surface area (Å²) in [5, 5.41) is 3.35. The molecular weight excluding hydrogens is 216 g/mol. The molecule has 3 unspecified atom stereocenters. The predicted octanol–water partition coefficient (Wildman–Crippen LogP) is 1.15. The average molecular weight is 240 g/mol. The van der Waals surface area contributed by atoms with E-state index < -0.39 is 0 Å². The first-order valence-corrected chi connectivity index (χ1v) is 6.71. The van der Waals surface area contributed by atoms with Crippen molar-refractivity contribution in [3.05, 3.63) is 0 Å². The second kappa shape index (κ2) is 5.36. The van der Waals surface area contributed by atoms with E-state index in [0.717, 1.165) is 32.2 Å².